The van der Waals surface area contributed by atoms with Crippen LogP contribution >= 0.6 is 0 Å². The third-order valence-corrected chi connectivity index (χ3v) is 8.03. The van der Waals surface area contributed by atoms with Crippen LogP contribution < -0.4 is 16.1 Å². The lowest BCUT2D eigenvalue weighted by Crippen LogP contribution is -2.61. The summed E-state index contributed by atoms with van der Waals surface area (Å²) in [5, 5.41) is 7.85. The summed E-state index contributed by atoms with van der Waals surface area (Å²) in [5.41, 5.74) is 3.47. The number of ether oxygens (including phenoxy) is 3. The molecule has 0 radical (unpaired) electrons. The van der Waals surface area contributed by atoms with Crippen LogP contribution in [-0.2, 0) is 33.4 Å². The van der Waals surface area contributed by atoms with Crippen LogP contribution in [0.25, 0.3) is 17.0 Å². The maximum absolute atomic E-state index is 13.7. The van der Waals surface area contributed by atoms with Gasteiger partial charge in [-0.1, -0.05) is 44.2 Å². The molecule has 2 aromatic rings. The molecule has 44 heavy (non-hydrogen) atoms. The average Bonchev–Trinajstić information content (AvgIpc) is 3.01. The zero-order chi connectivity index (χ0) is 31.6. The third-order valence-electron chi connectivity index (χ3n) is 8.03. The third kappa shape index (κ3) is 6.52. The van der Waals surface area contributed by atoms with Gasteiger partial charge in [0.2, 0.25) is 5.91 Å². The van der Waals surface area contributed by atoms with E-state index in [1.807, 2.05) is 37.3 Å². The van der Waals surface area contributed by atoms with Gasteiger partial charge < -0.3 is 24.8 Å². The molecule has 234 valence electrons. The number of hydrogen-bond acceptors (Lipinski definition) is 10. The van der Waals surface area contributed by atoms with Crippen LogP contribution in [0.15, 0.2) is 36.4 Å². The fraction of sp³-hybridized carbons (Fsp3) is 0.484. The zero-order valence-electron chi connectivity index (χ0n) is 25.1. The van der Waals surface area contributed by atoms with Gasteiger partial charge in [0.1, 0.15) is 25.3 Å². The first kappa shape index (κ1) is 30.9. The number of hydrazine groups is 1. The molecule has 3 aliphatic heterocycles. The van der Waals surface area contributed by atoms with Crippen LogP contribution in [0.3, 0.4) is 0 Å². The summed E-state index contributed by atoms with van der Waals surface area (Å²) in [6, 6.07) is 7.25. The van der Waals surface area contributed by atoms with Gasteiger partial charge in [-0.15, -0.1) is 0 Å². The van der Waals surface area contributed by atoms with E-state index in [4.69, 9.17) is 19.2 Å². The van der Waals surface area contributed by atoms with Crippen LogP contribution in [-0.4, -0.2) is 77.8 Å². The molecule has 1 aromatic carbocycles. The molecule has 0 unspecified atom stereocenters. The highest BCUT2D eigenvalue weighted by atomic mass is 16.7. The summed E-state index contributed by atoms with van der Waals surface area (Å²) in [7, 11) is 0. The van der Waals surface area contributed by atoms with E-state index in [0.29, 0.717) is 36.2 Å². The van der Waals surface area contributed by atoms with Gasteiger partial charge in [-0.2, -0.15) is 0 Å². The van der Waals surface area contributed by atoms with Crippen molar-refractivity contribution in [3.63, 3.8) is 0 Å². The average molecular weight is 608 g/mol. The number of amides is 3. The minimum atomic E-state index is -1.53. The van der Waals surface area contributed by atoms with E-state index in [1.54, 1.807) is 26.0 Å². The largest absolute Gasteiger partial charge is 0.508 e. The van der Waals surface area contributed by atoms with Gasteiger partial charge >= 0.3 is 12.1 Å². The molecular weight excluding hydrogens is 570 g/mol. The molecule has 5 bridgehead atoms. The number of nitrogens with zero attached hydrogens (tertiary/aromatic N) is 2. The normalized spacial score (nSPS) is 26.6. The smallest absolute Gasteiger partial charge is 0.451 e. The number of nitrogens with one attached hydrogen (secondary N) is 3. The summed E-state index contributed by atoms with van der Waals surface area (Å²) in [4.78, 5) is 70.0. The molecule has 3 N–H and O–H groups in total. The number of esters is 1. The molecule has 13 heteroatoms. The predicted octanol–water partition coefficient (Wildman–Crippen LogP) is 2.16. The first-order valence-corrected chi connectivity index (χ1v) is 14.7. The van der Waals surface area contributed by atoms with Crippen molar-refractivity contribution in [2.24, 2.45) is 11.3 Å². The van der Waals surface area contributed by atoms with Gasteiger partial charge in [-0.05, 0) is 50.3 Å². The first-order chi connectivity index (χ1) is 21.0. The van der Waals surface area contributed by atoms with Crippen molar-refractivity contribution in [2.45, 2.75) is 64.8 Å². The minimum absolute atomic E-state index is 0.274. The highest BCUT2D eigenvalue weighted by Crippen LogP contribution is 2.30. The molecule has 0 saturated carbocycles. The van der Waals surface area contributed by atoms with Gasteiger partial charge in [0, 0.05) is 11.9 Å². The van der Waals surface area contributed by atoms with E-state index < -0.39 is 59.5 Å². The number of benzene rings is 1. The molecule has 3 amide bonds. The van der Waals surface area contributed by atoms with E-state index in [0.717, 1.165) is 5.39 Å². The second-order valence-electron chi connectivity index (χ2n) is 11.8. The number of cyclic esters (lactones) is 3. The van der Waals surface area contributed by atoms with Gasteiger partial charge in [0.15, 0.2) is 11.5 Å². The van der Waals surface area contributed by atoms with E-state index >= 15 is 0 Å². The topological polar surface area (TPSA) is 165 Å². The second-order valence-corrected chi connectivity index (χ2v) is 11.8. The van der Waals surface area contributed by atoms with Gasteiger partial charge in [-0.25, -0.2) is 10.2 Å². The maximum Gasteiger partial charge on any atom is 0.508 e. The van der Waals surface area contributed by atoms with Gasteiger partial charge in [0.25, 0.3) is 11.8 Å². The number of pyridine rings is 1. The summed E-state index contributed by atoms with van der Waals surface area (Å²) < 4.78 is 15.9. The maximum atomic E-state index is 13.7. The number of rotatable bonds is 1. The molecule has 2 saturated heterocycles. The van der Waals surface area contributed by atoms with E-state index in [9.17, 15) is 24.0 Å². The minimum Gasteiger partial charge on any atom is -0.451 e. The number of carbonyl (C=O) groups excluding carboxylic acids is 5. The number of fused-ring (bicyclic) bond motifs is 4. The molecular formula is C31H37N5O8. The van der Waals surface area contributed by atoms with Crippen molar-refractivity contribution in [1.29, 1.82) is 0 Å². The molecule has 4 heterocycles. The molecule has 1 spiro atoms. The fourth-order valence-corrected chi connectivity index (χ4v) is 5.33. The Morgan fingerprint density at radius 3 is 2.39 bits per heavy atom. The molecule has 4 atom stereocenters. The Morgan fingerprint density at radius 1 is 0.955 bits per heavy atom. The van der Waals surface area contributed by atoms with Gasteiger partial charge in [-0.3, -0.25) is 29.2 Å². The van der Waals surface area contributed by atoms with Crippen molar-refractivity contribution in [3.8, 4) is 0 Å². The van der Waals surface area contributed by atoms with Crippen molar-refractivity contribution in [3.05, 3.63) is 47.7 Å². The fourth-order valence-electron chi connectivity index (χ4n) is 5.33. The lowest BCUT2D eigenvalue weighted by molar-refractivity contribution is -0.174. The Morgan fingerprint density at radius 2 is 1.66 bits per heavy atom. The van der Waals surface area contributed by atoms with Gasteiger partial charge in [0.05, 0.1) is 17.3 Å². The van der Waals surface area contributed by atoms with Crippen LogP contribution in [0.5, 0.6) is 0 Å². The lowest BCUT2D eigenvalue weighted by Gasteiger charge is -2.35. The van der Waals surface area contributed by atoms with E-state index in [1.165, 1.54) is 11.9 Å². The van der Waals surface area contributed by atoms with E-state index in [-0.39, 0.29) is 19.1 Å². The van der Waals surface area contributed by atoms with Crippen LogP contribution in [0.1, 0.15) is 57.8 Å². The lowest BCUT2D eigenvalue weighted by atomic mass is 9.88. The Labute approximate surface area is 254 Å². The summed E-state index contributed by atoms with van der Waals surface area (Å²) in [5.74, 6) is -2.66. The SMILES string of the molecule is CC(C)[C@@H]1OC(=O)C2(C=Cc3ccc4ccc(nc4c3)[C@@H](C)NC(=O)[C@@H]3CCCN(N3)C(=O)[C@H](C)NC1=O)COC(=O)OC2. The van der Waals surface area contributed by atoms with Crippen LogP contribution in [0.2, 0.25) is 0 Å². The number of carbonyl (C=O) groups is 5. The van der Waals surface area contributed by atoms with Crippen molar-refractivity contribution < 1.29 is 38.2 Å². The van der Waals surface area contributed by atoms with Crippen LogP contribution in [0, 0.1) is 11.3 Å². The van der Waals surface area contributed by atoms with Crippen molar-refractivity contribution >= 4 is 46.8 Å². The molecule has 13 nitrogen and oxygen atoms in total. The Kier molecular flexibility index (Phi) is 8.86. The molecule has 1 aromatic heterocycles. The number of aromatic nitrogens is 1. The highest BCUT2D eigenvalue weighted by molar-refractivity contribution is 5.92. The van der Waals surface area contributed by atoms with Crippen LogP contribution in [0.4, 0.5) is 4.79 Å². The van der Waals surface area contributed by atoms with Crippen molar-refractivity contribution in [2.75, 3.05) is 19.8 Å². The summed E-state index contributed by atoms with van der Waals surface area (Å²) in [6.45, 7) is 6.42. The molecule has 3 aliphatic rings. The predicted molar refractivity (Wildman–Crippen MR) is 157 cm³/mol. The molecule has 5 rings (SSSR count). The Bertz CT molecular complexity index is 1500. The first-order valence-electron chi connectivity index (χ1n) is 14.7. The van der Waals surface area contributed by atoms with Crippen molar-refractivity contribution in [1.82, 2.24) is 26.1 Å². The van der Waals surface area contributed by atoms with E-state index in [2.05, 4.69) is 16.1 Å². The summed E-state index contributed by atoms with van der Waals surface area (Å²) >= 11 is 0. The quantitative estimate of drug-likeness (QED) is 0.409. The zero-order valence-corrected chi connectivity index (χ0v) is 25.1. The Hall–Kier alpha value is -4.52. The molecule has 2 fully saturated rings. The molecule has 0 aliphatic carbocycles. The summed E-state index contributed by atoms with van der Waals surface area (Å²) in [6.07, 6.45) is 2.15. The highest BCUT2D eigenvalue weighted by Gasteiger charge is 2.46. The second kappa shape index (κ2) is 12.6. The monoisotopic (exact) mass is 607 g/mol. The standard InChI is InChI=1S/C31H37N5O8/c1-17(2)25-27(38)33-19(4)28(39)36-13-5-6-23(35-36)26(37)32-18(3)22-10-9-21-8-7-20(14-24(21)34-22)11-12-31(29(40)44-25)15-42-30(41)43-16-31/h7-12,14,17-19,23,25,35H,5-6,13,15-16H2,1-4H3,(H,32,37)(H,33,38)/t18-,19+,23+,25+/m1/s1. The Balaban J connectivity index is 1.53. The number of hydrogen-bond donors (Lipinski definition) is 3.